The second kappa shape index (κ2) is 3.61. The normalized spacial score (nSPS) is 10.3. The summed E-state index contributed by atoms with van der Waals surface area (Å²) in [6.45, 7) is 0. The Bertz CT molecular complexity index is 553. The number of nitrogens with two attached hydrogens (primary N) is 1. The number of anilines is 1. The topological polar surface area (TPSA) is 102 Å². The van der Waals surface area contributed by atoms with Gasteiger partial charge in [-0.15, -0.1) is 0 Å². The van der Waals surface area contributed by atoms with Gasteiger partial charge in [0, 0.05) is 6.20 Å². The molecule has 2 aromatic heterocycles. The number of aromatic nitrogens is 2. The standard InChI is InChI=1S/C9H6FN3O3/c10-6-4(1-2-12-7(6)11)8-13-5(3-16-8)9(14)15/h1-3H,(H2,11,12)(H,14,15). The number of halogens is 1. The lowest BCUT2D eigenvalue weighted by Crippen LogP contribution is -1.98. The summed E-state index contributed by atoms with van der Waals surface area (Å²) in [5, 5.41) is 8.62. The fourth-order valence-electron chi connectivity index (χ4n) is 1.12. The van der Waals surface area contributed by atoms with Crippen molar-refractivity contribution >= 4 is 11.8 Å². The summed E-state index contributed by atoms with van der Waals surface area (Å²) in [6, 6.07) is 1.29. The van der Waals surface area contributed by atoms with Crippen LogP contribution in [0.3, 0.4) is 0 Å². The quantitative estimate of drug-likeness (QED) is 0.791. The maximum atomic E-state index is 13.5. The molecule has 0 spiro atoms. The summed E-state index contributed by atoms with van der Waals surface area (Å²) < 4.78 is 18.3. The average Bonchev–Trinajstić information content (AvgIpc) is 2.71. The SMILES string of the molecule is Nc1nccc(-c2nc(C(=O)O)co2)c1F. The van der Waals surface area contributed by atoms with Gasteiger partial charge < -0.3 is 15.3 Å². The fraction of sp³-hybridized carbons (Fsp3) is 0. The largest absolute Gasteiger partial charge is 0.476 e. The van der Waals surface area contributed by atoms with Crippen molar-refractivity contribution < 1.29 is 18.7 Å². The van der Waals surface area contributed by atoms with Gasteiger partial charge in [-0.3, -0.25) is 0 Å². The van der Waals surface area contributed by atoms with E-state index in [9.17, 15) is 9.18 Å². The minimum atomic E-state index is -1.25. The van der Waals surface area contributed by atoms with E-state index in [1.807, 2.05) is 0 Å². The molecule has 82 valence electrons. The smallest absolute Gasteiger partial charge is 0.357 e. The molecule has 0 aliphatic carbocycles. The minimum absolute atomic E-state index is 0.0278. The van der Waals surface area contributed by atoms with Crippen molar-refractivity contribution in [1.29, 1.82) is 0 Å². The van der Waals surface area contributed by atoms with Gasteiger partial charge in [0.05, 0.1) is 5.56 Å². The highest BCUT2D eigenvalue weighted by atomic mass is 19.1. The van der Waals surface area contributed by atoms with Crippen LogP contribution in [0.15, 0.2) is 22.9 Å². The number of nitrogens with zero attached hydrogens (tertiary/aromatic N) is 2. The molecule has 2 rings (SSSR count). The average molecular weight is 223 g/mol. The van der Waals surface area contributed by atoms with Gasteiger partial charge in [0.25, 0.3) is 0 Å². The Balaban J connectivity index is 2.50. The molecule has 0 aromatic carbocycles. The van der Waals surface area contributed by atoms with Crippen LogP contribution in [0.25, 0.3) is 11.5 Å². The Labute approximate surface area is 88.5 Å². The Morgan fingerprint density at radius 2 is 2.31 bits per heavy atom. The summed E-state index contributed by atoms with van der Waals surface area (Å²) in [6.07, 6.45) is 2.20. The molecule has 0 saturated carbocycles. The number of carboxylic acids is 1. The number of carbonyl (C=O) groups is 1. The van der Waals surface area contributed by atoms with Crippen molar-refractivity contribution in [2.75, 3.05) is 5.73 Å². The zero-order chi connectivity index (χ0) is 11.7. The lowest BCUT2D eigenvalue weighted by atomic mass is 10.2. The molecule has 2 aromatic rings. The Hall–Kier alpha value is -2.44. The van der Waals surface area contributed by atoms with E-state index in [2.05, 4.69) is 9.97 Å². The first-order chi connectivity index (χ1) is 7.59. The molecule has 0 bridgehead atoms. The number of nitrogen functional groups attached to an aromatic ring is 1. The van der Waals surface area contributed by atoms with Gasteiger partial charge in [0.2, 0.25) is 5.89 Å². The zero-order valence-corrected chi connectivity index (χ0v) is 7.85. The molecule has 0 aliphatic rings. The number of carboxylic acid groups (broad SMARTS) is 1. The van der Waals surface area contributed by atoms with E-state index in [1.165, 1.54) is 12.3 Å². The van der Waals surface area contributed by atoms with Gasteiger partial charge in [0.15, 0.2) is 17.3 Å². The number of pyridine rings is 1. The molecule has 0 fully saturated rings. The molecule has 16 heavy (non-hydrogen) atoms. The predicted molar refractivity (Wildman–Crippen MR) is 51.1 cm³/mol. The van der Waals surface area contributed by atoms with Crippen LogP contribution in [-0.4, -0.2) is 21.0 Å². The first-order valence-electron chi connectivity index (χ1n) is 4.18. The van der Waals surface area contributed by atoms with Gasteiger partial charge in [-0.2, -0.15) is 0 Å². The molecule has 2 heterocycles. The fourth-order valence-corrected chi connectivity index (χ4v) is 1.12. The van der Waals surface area contributed by atoms with Crippen LogP contribution in [-0.2, 0) is 0 Å². The van der Waals surface area contributed by atoms with Crippen LogP contribution in [0.1, 0.15) is 10.5 Å². The molecule has 0 radical (unpaired) electrons. The van der Waals surface area contributed by atoms with Gasteiger partial charge in [-0.05, 0) is 6.07 Å². The van der Waals surface area contributed by atoms with Crippen LogP contribution in [0.5, 0.6) is 0 Å². The van der Waals surface area contributed by atoms with Crippen LogP contribution in [0.4, 0.5) is 10.2 Å². The maximum Gasteiger partial charge on any atom is 0.357 e. The summed E-state index contributed by atoms with van der Waals surface area (Å²) in [5.41, 5.74) is 4.92. The summed E-state index contributed by atoms with van der Waals surface area (Å²) in [5.74, 6) is -2.49. The molecule has 0 atom stereocenters. The van der Waals surface area contributed by atoms with E-state index < -0.39 is 11.8 Å². The van der Waals surface area contributed by atoms with Crippen molar-refractivity contribution in [2.45, 2.75) is 0 Å². The predicted octanol–water partition coefficient (Wildman–Crippen LogP) is 1.16. The van der Waals surface area contributed by atoms with Crippen LogP contribution < -0.4 is 5.73 Å². The van der Waals surface area contributed by atoms with E-state index in [0.29, 0.717) is 0 Å². The Kier molecular flexibility index (Phi) is 2.28. The minimum Gasteiger partial charge on any atom is -0.476 e. The van der Waals surface area contributed by atoms with E-state index in [4.69, 9.17) is 15.3 Å². The van der Waals surface area contributed by atoms with Crippen LogP contribution in [0.2, 0.25) is 0 Å². The second-order valence-electron chi connectivity index (χ2n) is 2.90. The van der Waals surface area contributed by atoms with Gasteiger partial charge >= 0.3 is 5.97 Å². The van der Waals surface area contributed by atoms with E-state index in [1.54, 1.807) is 0 Å². The number of hydrogen-bond donors (Lipinski definition) is 2. The lowest BCUT2D eigenvalue weighted by Gasteiger charge is -1.99. The number of rotatable bonds is 2. The third-order valence-electron chi connectivity index (χ3n) is 1.87. The molecule has 0 aliphatic heterocycles. The Morgan fingerprint density at radius 1 is 1.56 bits per heavy atom. The van der Waals surface area contributed by atoms with E-state index in [0.717, 1.165) is 6.26 Å². The van der Waals surface area contributed by atoms with Crippen molar-refractivity contribution in [3.05, 3.63) is 30.0 Å². The summed E-state index contributed by atoms with van der Waals surface area (Å²) in [4.78, 5) is 17.7. The summed E-state index contributed by atoms with van der Waals surface area (Å²) in [7, 11) is 0. The monoisotopic (exact) mass is 223 g/mol. The van der Waals surface area contributed by atoms with Gasteiger partial charge in [-0.1, -0.05) is 0 Å². The molecule has 0 unspecified atom stereocenters. The van der Waals surface area contributed by atoms with Crippen molar-refractivity contribution in [2.24, 2.45) is 0 Å². The number of aromatic carboxylic acids is 1. The first-order valence-corrected chi connectivity index (χ1v) is 4.18. The Morgan fingerprint density at radius 3 is 2.94 bits per heavy atom. The van der Waals surface area contributed by atoms with Gasteiger partial charge in [-0.25, -0.2) is 19.2 Å². The second-order valence-corrected chi connectivity index (χ2v) is 2.90. The molecule has 0 saturated heterocycles. The maximum absolute atomic E-state index is 13.5. The number of hydrogen-bond acceptors (Lipinski definition) is 5. The molecule has 6 nitrogen and oxygen atoms in total. The molecule has 7 heteroatoms. The van der Waals surface area contributed by atoms with E-state index in [-0.39, 0.29) is 23.0 Å². The number of oxazole rings is 1. The van der Waals surface area contributed by atoms with Crippen LogP contribution in [0, 0.1) is 5.82 Å². The molecular weight excluding hydrogens is 217 g/mol. The van der Waals surface area contributed by atoms with Crippen molar-refractivity contribution in [3.8, 4) is 11.5 Å². The first kappa shape index (κ1) is 10.1. The van der Waals surface area contributed by atoms with Gasteiger partial charge in [0.1, 0.15) is 6.26 Å². The van der Waals surface area contributed by atoms with Crippen molar-refractivity contribution in [1.82, 2.24) is 9.97 Å². The highest BCUT2D eigenvalue weighted by Gasteiger charge is 2.16. The van der Waals surface area contributed by atoms with Crippen molar-refractivity contribution in [3.63, 3.8) is 0 Å². The molecular formula is C9H6FN3O3. The third-order valence-corrected chi connectivity index (χ3v) is 1.87. The third kappa shape index (κ3) is 1.58. The molecule has 0 amide bonds. The van der Waals surface area contributed by atoms with E-state index >= 15 is 0 Å². The highest BCUT2D eigenvalue weighted by Crippen LogP contribution is 2.23. The lowest BCUT2D eigenvalue weighted by molar-refractivity contribution is 0.0690. The summed E-state index contributed by atoms with van der Waals surface area (Å²) >= 11 is 0. The van der Waals surface area contributed by atoms with Crippen LogP contribution >= 0.6 is 0 Å². The highest BCUT2D eigenvalue weighted by molar-refractivity contribution is 5.85. The zero-order valence-electron chi connectivity index (χ0n) is 7.85. The molecule has 3 N–H and O–H groups in total.